The number of anilines is 1. The van der Waals surface area contributed by atoms with Crippen LogP contribution in [0, 0.1) is 10.2 Å². The number of rotatable bonds is 6. The second kappa shape index (κ2) is 7.43. The van der Waals surface area contributed by atoms with Gasteiger partial charge in [0, 0.05) is 37.5 Å². The van der Waals surface area contributed by atoms with E-state index in [1.165, 1.54) is 13.0 Å². The Labute approximate surface area is 190 Å². The molecule has 34 heavy (non-hydrogen) atoms. The molecule has 14 heteroatoms. The molecule has 2 aromatic heterocycles. The molecule has 1 amide bonds. The fourth-order valence-electron chi connectivity index (χ4n) is 4.30. The first-order chi connectivity index (χ1) is 15.4. The number of hydrogen-bond donors (Lipinski definition) is 2. The Morgan fingerprint density at radius 2 is 1.88 bits per heavy atom. The molecule has 2 fully saturated rings. The molecular weight excluding hydrogens is 488 g/mol. The maximum Gasteiger partial charge on any atom is 0.420 e. The van der Waals surface area contributed by atoms with Gasteiger partial charge in [0.15, 0.2) is 5.67 Å². The molecule has 2 saturated carbocycles. The largest absolute Gasteiger partial charge is 0.420 e. The fourth-order valence-corrected chi connectivity index (χ4v) is 4.91. The Morgan fingerprint density at radius 3 is 2.38 bits per heavy atom. The SMILES string of the molecule is CC1(Cn2nc(C3(F)CC3)c(C(F)(F)F)c2C(=O)Nc2ccnc(S(C)(=N)=O)c2)CC(F)(F)C1. The van der Waals surface area contributed by atoms with Gasteiger partial charge in [-0.1, -0.05) is 6.92 Å². The molecule has 2 aliphatic rings. The molecule has 0 spiro atoms. The molecule has 0 saturated heterocycles. The minimum Gasteiger partial charge on any atom is -0.320 e. The van der Waals surface area contributed by atoms with Gasteiger partial charge in [0.2, 0.25) is 5.92 Å². The van der Waals surface area contributed by atoms with Crippen LogP contribution in [0.15, 0.2) is 23.4 Å². The molecule has 0 bridgehead atoms. The Balaban J connectivity index is 1.78. The summed E-state index contributed by atoms with van der Waals surface area (Å²) in [5, 5.41) is 5.79. The van der Waals surface area contributed by atoms with Gasteiger partial charge in [0.05, 0.1) is 9.73 Å². The lowest BCUT2D eigenvalue weighted by atomic mass is 9.67. The third-order valence-corrected chi connectivity index (χ3v) is 6.88. The summed E-state index contributed by atoms with van der Waals surface area (Å²) >= 11 is 0. The lowest BCUT2D eigenvalue weighted by Gasteiger charge is -2.44. The highest BCUT2D eigenvalue weighted by Gasteiger charge is 2.57. The molecule has 7 nitrogen and oxygen atoms in total. The first kappa shape index (κ1) is 24.5. The molecule has 2 aromatic rings. The first-order valence-electron chi connectivity index (χ1n) is 10.2. The van der Waals surface area contributed by atoms with Crippen LogP contribution in [0.3, 0.4) is 0 Å². The van der Waals surface area contributed by atoms with Crippen LogP contribution in [0.1, 0.15) is 54.4 Å². The van der Waals surface area contributed by atoms with Crippen molar-refractivity contribution >= 4 is 21.3 Å². The van der Waals surface area contributed by atoms with Crippen LogP contribution in [0.2, 0.25) is 0 Å². The molecule has 2 N–H and O–H groups in total. The zero-order chi connectivity index (χ0) is 25.3. The number of hydrogen-bond acceptors (Lipinski definition) is 5. The lowest BCUT2D eigenvalue weighted by molar-refractivity contribution is -0.160. The number of nitrogens with one attached hydrogen (secondary N) is 2. The molecule has 1 atom stereocenters. The summed E-state index contributed by atoms with van der Waals surface area (Å²) in [6, 6.07) is 2.29. The molecular formula is C20H21F6N5O2S. The third-order valence-electron chi connectivity index (χ3n) is 5.86. The number of nitrogens with zero attached hydrogens (tertiary/aromatic N) is 3. The molecule has 2 heterocycles. The molecule has 0 aromatic carbocycles. The van der Waals surface area contributed by atoms with Crippen molar-refractivity contribution in [1.82, 2.24) is 14.8 Å². The van der Waals surface area contributed by atoms with E-state index >= 15 is 0 Å². The second-order valence-corrected chi connectivity index (χ2v) is 11.5. The summed E-state index contributed by atoms with van der Waals surface area (Å²) in [6.07, 6.45) is -4.57. The van der Waals surface area contributed by atoms with Gasteiger partial charge < -0.3 is 5.32 Å². The van der Waals surface area contributed by atoms with E-state index < -0.39 is 75.2 Å². The Kier molecular flexibility index (Phi) is 5.35. The lowest BCUT2D eigenvalue weighted by Crippen LogP contribution is -2.47. The monoisotopic (exact) mass is 509 g/mol. The van der Waals surface area contributed by atoms with Crippen molar-refractivity contribution in [3.8, 4) is 0 Å². The van der Waals surface area contributed by atoms with Crippen LogP contribution in [-0.2, 0) is 28.1 Å². The maximum atomic E-state index is 14.9. The van der Waals surface area contributed by atoms with Crippen molar-refractivity contribution in [2.45, 2.75) is 61.9 Å². The smallest absolute Gasteiger partial charge is 0.320 e. The van der Waals surface area contributed by atoms with E-state index in [1.54, 1.807) is 0 Å². The molecule has 4 rings (SSSR count). The van der Waals surface area contributed by atoms with Crippen LogP contribution in [0.25, 0.3) is 0 Å². The predicted octanol–water partition coefficient (Wildman–Crippen LogP) is 4.98. The van der Waals surface area contributed by atoms with Gasteiger partial charge in [0.25, 0.3) is 5.91 Å². The molecule has 0 radical (unpaired) electrons. The van der Waals surface area contributed by atoms with Crippen LogP contribution < -0.4 is 5.32 Å². The Morgan fingerprint density at radius 1 is 1.26 bits per heavy atom. The van der Waals surface area contributed by atoms with Crippen LogP contribution in [-0.4, -0.2) is 37.1 Å². The van der Waals surface area contributed by atoms with Gasteiger partial charge in [-0.3, -0.25) is 9.48 Å². The number of pyridine rings is 1. The Hall–Kier alpha value is -2.64. The average molecular weight is 509 g/mol. The summed E-state index contributed by atoms with van der Waals surface area (Å²) in [6.45, 7) is 0.992. The average Bonchev–Trinajstić information content (AvgIpc) is 3.26. The van der Waals surface area contributed by atoms with Gasteiger partial charge in [-0.05, 0) is 30.4 Å². The number of carbonyl (C=O) groups is 1. The van der Waals surface area contributed by atoms with Crippen molar-refractivity contribution in [2.24, 2.45) is 5.41 Å². The summed E-state index contributed by atoms with van der Waals surface area (Å²) in [5.74, 6) is -4.27. The third kappa shape index (κ3) is 4.64. The van der Waals surface area contributed by atoms with Gasteiger partial charge in [-0.25, -0.2) is 27.1 Å². The number of aromatic nitrogens is 3. The minimum atomic E-state index is -5.14. The predicted molar refractivity (Wildman–Crippen MR) is 109 cm³/mol. The first-order valence-corrected chi connectivity index (χ1v) is 12.2. The van der Waals surface area contributed by atoms with Gasteiger partial charge in [-0.15, -0.1) is 0 Å². The van der Waals surface area contributed by atoms with E-state index in [-0.39, 0.29) is 23.6 Å². The minimum absolute atomic E-state index is 0.0953. The number of halogens is 6. The van der Waals surface area contributed by atoms with Crippen molar-refractivity contribution in [2.75, 3.05) is 11.6 Å². The quantitative estimate of drug-likeness (QED) is 0.537. The van der Waals surface area contributed by atoms with E-state index in [1.807, 2.05) is 0 Å². The molecule has 0 aliphatic heterocycles. The molecule has 186 valence electrons. The topological polar surface area (TPSA) is 101 Å². The summed E-state index contributed by atoms with van der Waals surface area (Å²) in [7, 11) is -3.28. The van der Waals surface area contributed by atoms with E-state index in [2.05, 4.69) is 15.4 Å². The second-order valence-electron chi connectivity index (χ2n) is 9.39. The number of carbonyl (C=O) groups excluding carboxylic acids is 1. The van der Waals surface area contributed by atoms with Gasteiger partial charge >= 0.3 is 6.18 Å². The standard InChI is InChI=1S/C20H21F6N5O2S/c1-17(8-19(22,23)9-17)10-31-14(13(20(24,25)26)15(30-31)18(21)4-5-18)16(32)29-11-3-6-28-12(7-11)34(2,27)33/h3,6-7,27H,4-5,8-10H2,1-2H3,(H,28,29,32). The summed E-state index contributed by atoms with van der Waals surface area (Å²) in [5.41, 5.74) is -7.06. The van der Waals surface area contributed by atoms with Gasteiger partial charge in [-0.2, -0.15) is 18.3 Å². The van der Waals surface area contributed by atoms with Crippen LogP contribution >= 0.6 is 0 Å². The van der Waals surface area contributed by atoms with E-state index in [0.29, 0.717) is 4.68 Å². The maximum absolute atomic E-state index is 14.9. The van der Waals surface area contributed by atoms with Crippen molar-refractivity contribution in [1.29, 1.82) is 4.78 Å². The van der Waals surface area contributed by atoms with Crippen molar-refractivity contribution in [3.63, 3.8) is 0 Å². The number of alkyl halides is 6. The normalized spacial score (nSPS) is 21.9. The Bertz CT molecular complexity index is 1260. The zero-order valence-electron chi connectivity index (χ0n) is 18.1. The number of amides is 1. The highest BCUT2D eigenvalue weighted by molar-refractivity contribution is 7.91. The van der Waals surface area contributed by atoms with E-state index in [0.717, 1.165) is 18.5 Å². The highest BCUT2D eigenvalue weighted by Crippen LogP contribution is 2.55. The zero-order valence-corrected chi connectivity index (χ0v) is 18.9. The molecule has 1 unspecified atom stereocenters. The van der Waals surface area contributed by atoms with E-state index in [4.69, 9.17) is 4.78 Å². The van der Waals surface area contributed by atoms with Crippen LogP contribution in [0.5, 0.6) is 0 Å². The van der Waals surface area contributed by atoms with E-state index in [9.17, 15) is 35.3 Å². The van der Waals surface area contributed by atoms with Crippen molar-refractivity contribution < 1.29 is 35.3 Å². The fraction of sp³-hybridized carbons (Fsp3) is 0.550. The van der Waals surface area contributed by atoms with Crippen molar-refractivity contribution in [3.05, 3.63) is 35.3 Å². The van der Waals surface area contributed by atoms with Crippen LogP contribution in [0.4, 0.5) is 32.0 Å². The molecule has 2 aliphatic carbocycles. The highest BCUT2D eigenvalue weighted by atomic mass is 32.2. The summed E-state index contributed by atoms with van der Waals surface area (Å²) < 4.78 is 104. The van der Waals surface area contributed by atoms with Gasteiger partial charge in [0.1, 0.15) is 22.0 Å². The summed E-state index contributed by atoms with van der Waals surface area (Å²) in [4.78, 5) is 16.8.